The summed E-state index contributed by atoms with van der Waals surface area (Å²) >= 11 is 0. The molecule has 1 aromatic carbocycles. The molecule has 0 aliphatic carbocycles. The number of fused-ring (bicyclic) bond motifs is 1. The van der Waals surface area contributed by atoms with E-state index >= 15 is 0 Å². The van der Waals surface area contributed by atoms with Crippen molar-refractivity contribution in [3.05, 3.63) is 36.2 Å². The average molecular weight is 330 g/mol. The molecule has 1 aliphatic heterocycles. The number of rotatable bonds is 2. The molecular weight excluding hydrogens is 314 g/mol. The molecule has 0 radical (unpaired) electrons. The van der Waals surface area contributed by atoms with E-state index in [0.29, 0.717) is 34.2 Å². The van der Waals surface area contributed by atoms with Gasteiger partial charge < -0.3 is 9.42 Å². The van der Waals surface area contributed by atoms with E-state index in [1.54, 1.807) is 0 Å². The van der Waals surface area contributed by atoms with E-state index in [-0.39, 0.29) is 0 Å². The van der Waals surface area contributed by atoms with Crippen LogP contribution in [-0.2, 0) is 0 Å². The lowest BCUT2D eigenvalue weighted by Gasteiger charge is -2.34. The van der Waals surface area contributed by atoms with Crippen molar-refractivity contribution in [3.63, 3.8) is 0 Å². The van der Waals surface area contributed by atoms with Gasteiger partial charge in [-0.05, 0) is 38.3 Å². The summed E-state index contributed by atoms with van der Waals surface area (Å²) in [5.41, 5.74) is 0.987. The van der Waals surface area contributed by atoms with Crippen LogP contribution >= 0.6 is 0 Å². The third kappa shape index (κ3) is 2.50. The number of nitrogens with zero attached hydrogens (tertiary/aromatic N) is 4. The second-order valence-corrected chi connectivity index (χ2v) is 6.10. The summed E-state index contributed by atoms with van der Waals surface area (Å²) in [5, 5.41) is 4.58. The average Bonchev–Trinajstić information content (AvgIpc) is 2.99. The zero-order chi connectivity index (χ0) is 16.7. The van der Waals surface area contributed by atoms with E-state index in [9.17, 15) is 8.78 Å². The Morgan fingerprint density at radius 2 is 1.92 bits per heavy atom. The number of hydrogen-bond donors (Lipinski definition) is 0. The lowest BCUT2D eigenvalue weighted by Crippen LogP contribution is -2.38. The number of hydrogen-bond acceptors (Lipinski definition) is 5. The van der Waals surface area contributed by atoms with Gasteiger partial charge in [-0.15, -0.1) is 0 Å². The quantitative estimate of drug-likeness (QED) is 0.712. The number of piperidine rings is 1. The first kappa shape index (κ1) is 15.0. The molecule has 1 atom stereocenters. The Labute approximate surface area is 137 Å². The second kappa shape index (κ2) is 5.81. The lowest BCUT2D eigenvalue weighted by atomic mass is 10.0. The molecule has 7 heteroatoms. The number of benzene rings is 1. The van der Waals surface area contributed by atoms with Gasteiger partial charge in [-0.1, -0.05) is 5.16 Å². The van der Waals surface area contributed by atoms with Crippen molar-refractivity contribution in [1.29, 1.82) is 0 Å². The van der Waals surface area contributed by atoms with Crippen LogP contribution in [-0.4, -0.2) is 27.7 Å². The zero-order valence-corrected chi connectivity index (χ0v) is 13.2. The van der Waals surface area contributed by atoms with Gasteiger partial charge in [0.05, 0.1) is 0 Å². The molecule has 3 aromatic rings. The Bertz CT molecular complexity index is 875. The minimum absolute atomic E-state index is 0.312. The van der Waals surface area contributed by atoms with Gasteiger partial charge in [0.15, 0.2) is 0 Å². The summed E-state index contributed by atoms with van der Waals surface area (Å²) in [6.07, 6.45) is 4.75. The molecule has 0 spiro atoms. The molecule has 0 N–H and O–H groups in total. The maximum absolute atomic E-state index is 13.6. The van der Waals surface area contributed by atoms with Crippen LogP contribution in [0.5, 0.6) is 0 Å². The molecule has 1 fully saturated rings. The van der Waals surface area contributed by atoms with Gasteiger partial charge in [0.2, 0.25) is 0 Å². The summed E-state index contributed by atoms with van der Waals surface area (Å²) in [4.78, 5) is 10.7. The Morgan fingerprint density at radius 3 is 2.67 bits per heavy atom. The van der Waals surface area contributed by atoms with E-state index in [0.717, 1.165) is 25.5 Å². The van der Waals surface area contributed by atoms with Crippen molar-refractivity contribution < 1.29 is 13.3 Å². The molecule has 0 amide bonds. The monoisotopic (exact) mass is 330 g/mol. The van der Waals surface area contributed by atoms with Gasteiger partial charge in [-0.3, -0.25) is 0 Å². The molecule has 0 saturated carbocycles. The second-order valence-electron chi connectivity index (χ2n) is 6.10. The Kier molecular flexibility index (Phi) is 3.63. The molecular formula is C17H16F2N4O. The van der Waals surface area contributed by atoms with E-state index < -0.39 is 11.6 Å². The SMILES string of the molecule is CC1CCCCN1c1ncnc2onc(-c3cc(F)cc(F)c3)c12. The smallest absolute Gasteiger partial charge is 0.263 e. The van der Waals surface area contributed by atoms with Crippen LogP contribution < -0.4 is 4.90 Å². The van der Waals surface area contributed by atoms with Crippen LogP contribution in [0.15, 0.2) is 29.0 Å². The Morgan fingerprint density at radius 1 is 1.12 bits per heavy atom. The van der Waals surface area contributed by atoms with Crippen LogP contribution in [0.4, 0.5) is 14.6 Å². The highest BCUT2D eigenvalue weighted by molar-refractivity contribution is 5.98. The maximum atomic E-state index is 13.6. The summed E-state index contributed by atoms with van der Waals surface area (Å²) in [6.45, 7) is 3.01. The predicted octanol–water partition coefficient (Wildman–Crippen LogP) is 3.94. The molecule has 1 aliphatic rings. The highest BCUT2D eigenvalue weighted by atomic mass is 19.1. The molecule has 3 heterocycles. The molecule has 24 heavy (non-hydrogen) atoms. The van der Waals surface area contributed by atoms with Crippen LogP contribution in [0.25, 0.3) is 22.4 Å². The van der Waals surface area contributed by atoms with Crippen molar-refractivity contribution in [2.75, 3.05) is 11.4 Å². The predicted molar refractivity (Wildman–Crippen MR) is 85.6 cm³/mol. The van der Waals surface area contributed by atoms with Gasteiger partial charge >= 0.3 is 0 Å². The molecule has 2 aromatic heterocycles. The first-order chi connectivity index (χ1) is 11.6. The number of anilines is 1. The molecule has 124 valence electrons. The largest absolute Gasteiger partial charge is 0.353 e. The van der Waals surface area contributed by atoms with Crippen LogP contribution in [0.1, 0.15) is 26.2 Å². The van der Waals surface area contributed by atoms with Gasteiger partial charge in [-0.2, -0.15) is 4.98 Å². The van der Waals surface area contributed by atoms with E-state index in [2.05, 4.69) is 26.9 Å². The van der Waals surface area contributed by atoms with Crippen molar-refractivity contribution in [2.45, 2.75) is 32.2 Å². The summed E-state index contributed by atoms with van der Waals surface area (Å²) in [7, 11) is 0. The fraction of sp³-hybridized carbons (Fsp3) is 0.353. The van der Waals surface area contributed by atoms with Gasteiger partial charge in [-0.25, -0.2) is 13.8 Å². The van der Waals surface area contributed by atoms with Crippen LogP contribution in [0.2, 0.25) is 0 Å². The highest BCUT2D eigenvalue weighted by Crippen LogP contribution is 2.35. The third-order valence-corrected chi connectivity index (χ3v) is 4.46. The van der Waals surface area contributed by atoms with E-state index in [4.69, 9.17) is 4.52 Å². The molecule has 1 unspecified atom stereocenters. The normalized spacial score (nSPS) is 18.3. The number of aromatic nitrogens is 3. The van der Waals surface area contributed by atoms with Gasteiger partial charge in [0.25, 0.3) is 5.71 Å². The van der Waals surface area contributed by atoms with E-state index in [1.165, 1.54) is 24.9 Å². The molecule has 5 nitrogen and oxygen atoms in total. The molecule has 4 rings (SSSR count). The Balaban J connectivity index is 1.91. The standard InChI is InChI=1S/C17H16F2N4O/c1-10-4-2-3-5-23(10)16-14-15(22-24-17(14)21-9-20-16)11-6-12(18)8-13(19)7-11/h6-10H,2-5H2,1H3. The van der Waals surface area contributed by atoms with Crippen LogP contribution in [0, 0.1) is 11.6 Å². The topological polar surface area (TPSA) is 55.1 Å². The summed E-state index contributed by atoms with van der Waals surface area (Å²) in [5.74, 6) is -0.620. The Hall–Kier alpha value is -2.57. The fourth-order valence-electron chi connectivity index (χ4n) is 3.29. The third-order valence-electron chi connectivity index (χ3n) is 4.46. The van der Waals surface area contributed by atoms with Crippen molar-refractivity contribution in [3.8, 4) is 11.3 Å². The highest BCUT2D eigenvalue weighted by Gasteiger charge is 2.26. The van der Waals surface area contributed by atoms with Crippen molar-refractivity contribution in [1.82, 2.24) is 15.1 Å². The molecule has 0 bridgehead atoms. The lowest BCUT2D eigenvalue weighted by molar-refractivity contribution is 0.450. The van der Waals surface area contributed by atoms with Crippen molar-refractivity contribution in [2.24, 2.45) is 0 Å². The van der Waals surface area contributed by atoms with Crippen LogP contribution in [0.3, 0.4) is 0 Å². The number of halogens is 2. The summed E-state index contributed by atoms with van der Waals surface area (Å²) < 4.78 is 32.5. The minimum atomic E-state index is -0.661. The van der Waals surface area contributed by atoms with Gasteiger partial charge in [0, 0.05) is 24.2 Å². The van der Waals surface area contributed by atoms with Gasteiger partial charge in [0.1, 0.15) is 34.9 Å². The maximum Gasteiger partial charge on any atom is 0.263 e. The van der Waals surface area contributed by atoms with Crippen molar-refractivity contribution >= 4 is 16.9 Å². The first-order valence-corrected chi connectivity index (χ1v) is 7.97. The minimum Gasteiger partial charge on any atom is -0.353 e. The zero-order valence-electron chi connectivity index (χ0n) is 13.2. The van der Waals surface area contributed by atoms with E-state index in [1.807, 2.05) is 0 Å². The summed E-state index contributed by atoms with van der Waals surface area (Å²) in [6, 6.07) is 3.62. The first-order valence-electron chi connectivity index (χ1n) is 7.97. The molecule has 1 saturated heterocycles. The fourth-order valence-corrected chi connectivity index (χ4v) is 3.29.